The summed E-state index contributed by atoms with van der Waals surface area (Å²) < 4.78 is 5.03. The van der Waals surface area contributed by atoms with E-state index in [1.165, 1.54) is 18.4 Å². The molecule has 136 valence electrons. The van der Waals surface area contributed by atoms with Crippen molar-refractivity contribution < 1.29 is 18.8 Å². The van der Waals surface area contributed by atoms with E-state index in [0.29, 0.717) is 23.4 Å². The van der Waals surface area contributed by atoms with E-state index in [4.69, 9.17) is 10.2 Å². The Hall–Kier alpha value is -3.87. The number of anilines is 1. The van der Waals surface area contributed by atoms with Crippen LogP contribution in [0.2, 0.25) is 0 Å². The third-order valence-electron chi connectivity index (χ3n) is 3.84. The van der Waals surface area contributed by atoms with Crippen LogP contribution in [-0.4, -0.2) is 17.7 Å². The van der Waals surface area contributed by atoms with Gasteiger partial charge in [-0.15, -0.1) is 0 Å². The minimum absolute atomic E-state index is 0.230. The Morgan fingerprint density at radius 2 is 1.52 bits per heavy atom. The molecular weight excluding hydrogens is 346 g/mol. The lowest BCUT2D eigenvalue weighted by Crippen LogP contribution is -2.23. The Kier molecular flexibility index (Phi) is 5.32. The van der Waals surface area contributed by atoms with Gasteiger partial charge in [0, 0.05) is 23.4 Å². The lowest BCUT2D eigenvalue weighted by atomic mass is 10.1. The van der Waals surface area contributed by atoms with Crippen molar-refractivity contribution in [3.8, 4) is 0 Å². The van der Waals surface area contributed by atoms with E-state index in [1.807, 2.05) is 0 Å². The van der Waals surface area contributed by atoms with E-state index >= 15 is 0 Å². The molecule has 0 spiro atoms. The van der Waals surface area contributed by atoms with Gasteiger partial charge in [-0.05, 0) is 54.1 Å². The zero-order chi connectivity index (χ0) is 19.2. The van der Waals surface area contributed by atoms with Crippen LogP contribution in [0.5, 0.6) is 0 Å². The standard InChI is InChI=1S/C20H17N3O4/c21-18(24)14-5-7-15(8-6-14)19(25)22-12-13-3-9-16(10-4-13)23-20(26)17-2-1-11-27-17/h1-11H,12H2,(H2,21,24)(H,22,25)(H,23,26). The molecule has 1 aromatic heterocycles. The first-order valence-electron chi connectivity index (χ1n) is 8.15. The fourth-order valence-electron chi connectivity index (χ4n) is 2.38. The van der Waals surface area contributed by atoms with Crippen LogP contribution in [0.25, 0.3) is 0 Å². The summed E-state index contributed by atoms with van der Waals surface area (Å²) in [5.74, 6) is -0.906. The molecular formula is C20H17N3O4. The smallest absolute Gasteiger partial charge is 0.291 e. The van der Waals surface area contributed by atoms with Gasteiger partial charge >= 0.3 is 0 Å². The lowest BCUT2D eigenvalue weighted by Gasteiger charge is -2.08. The molecule has 27 heavy (non-hydrogen) atoms. The first kappa shape index (κ1) is 17.9. The van der Waals surface area contributed by atoms with Gasteiger partial charge in [-0.1, -0.05) is 12.1 Å². The van der Waals surface area contributed by atoms with Crippen molar-refractivity contribution in [2.75, 3.05) is 5.32 Å². The third-order valence-corrected chi connectivity index (χ3v) is 3.84. The Labute approximate surface area is 155 Å². The van der Waals surface area contributed by atoms with Crippen LogP contribution < -0.4 is 16.4 Å². The second-order valence-corrected chi connectivity index (χ2v) is 5.75. The number of carbonyl (C=O) groups is 3. The van der Waals surface area contributed by atoms with Crippen molar-refractivity contribution in [1.29, 1.82) is 0 Å². The zero-order valence-corrected chi connectivity index (χ0v) is 14.3. The SMILES string of the molecule is NC(=O)c1ccc(C(=O)NCc2ccc(NC(=O)c3ccco3)cc2)cc1. The minimum Gasteiger partial charge on any atom is -0.459 e. The van der Waals surface area contributed by atoms with E-state index in [9.17, 15) is 14.4 Å². The predicted octanol–water partition coefficient (Wildman–Crippen LogP) is 2.56. The Balaban J connectivity index is 1.54. The molecule has 0 saturated heterocycles. The summed E-state index contributed by atoms with van der Waals surface area (Å²) in [4.78, 5) is 35.1. The Bertz CT molecular complexity index is 946. The Morgan fingerprint density at radius 1 is 0.852 bits per heavy atom. The van der Waals surface area contributed by atoms with Crippen LogP contribution in [0.15, 0.2) is 71.3 Å². The molecule has 4 N–H and O–H groups in total. The van der Waals surface area contributed by atoms with Crippen molar-refractivity contribution in [3.05, 3.63) is 89.4 Å². The van der Waals surface area contributed by atoms with Crippen LogP contribution in [0, 0.1) is 0 Å². The van der Waals surface area contributed by atoms with Gasteiger partial charge in [0.1, 0.15) is 0 Å². The highest BCUT2D eigenvalue weighted by atomic mass is 16.3. The summed E-state index contributed by atoms with van der Waals surface area (Å²) in [6.07, 6.45) is 1.43. The quantitative estimate of drug-likeness (QED) is 0.624. The number of nitrogens with one attached hydrogen (secondary N) is 2. The van der Waals surface area contributed by atoms with Crippen molar-refractivity contribution in [2.45, 2.75) is 6.54 Å². The number of hydrogen-bond acceptors (Lipinski definition) is 4. The minimum atomic E-state index is -0.541. The number of carbonyl (C=O) groups excluding carboxylic acids is 3. The third kappa shape index (κ3) is 4.60. The highest BCUT2D eigenvalue weighted by Crippen LogP contribution is 2.12. The van der Waals surface area contributed by atoms with E-state index in [2.05, 4.69) is 10.6 Å². The second kappa shape index (κ2) is 8.01. The van der Waals surface area contributed by atoms with Crippen LogP contribution >= 0.6 is 0 Å². The van der Waals surface area contributed by atoms with Crippen LogP contribution in [0.3, 0.4) is 0 Å². The molecule has 0 unspecified atom stereocenters. The van der Waals surface area contributed by atoms with Gasteiger partial charge in [0.05, 0.1) is 6.26 Å². The molecule has 3 amide bonds. The van der Waals surface area contributed by atoms with Gasteiger partial charge in [-0.25, -0.2) is 0 Å². The molecule has 7 heteroatoms. The highest BCUT2D eigenvalue weighted by molar-refractivity contribution is 6.02. The molecule has 7 nitrogen and oxygen atoms in total. The van der Waals surface area contributed by atoms with Crippen LogP contribution in [-0.2, 0) is 6.54 Å². The van der Waals surface area contributed by atoms with Crippen LogP contribution in [0.4, 0.5) is 5.69 Å². The highest BCUT2D eigenvalue weighted by Gasteiger charge is 2.09. The number of nitrogens with two attached hydrogens (primary N) is 1. The average molecular weight is 363 g/mol. The molecule has 2 aromatic carbocycles. The van der Waals surface area contributed by atoms with Gasteiger partial charge in [-0.3, -0.25) is 14.4 Å². The number of furan rings is 1. The fourth-order valence-corrected chi connectivity index (χ4v) is 2.38. The predicted molar refractivity (Wildman–Crippen MR) is 99.2 cm³/mol. The molecule has 0 fully saturated rings. The molecule has 3 aromatic rings. The molecule has 0 saturated carbocycles. The van der Waals surface area contributed by atoms with Gasteiger partial charge in [0.15, 0.2) is 5.76 Å². The summed E-state index contributed by atoms with van der Waals surface area (Å²) >= 11 is 0. The number of rotatable bonds is 6. The van der Waals surface area contributed by atoms with Gasteiger partial charge in [0.2, 0.25) is 5.91 Å². The summed E-state index contributed by atoms with van der Waals surface area (Å²) in [5, 5.41) is 5.51. The monoisotopic (exact) mass is 363 g/mol. The summed E-state index contributed by atoms with van der Waals surface area (Å²) in [5.41, 5.74) is 7.44. The topological polar surface area (TPSA) is 114 Å². The van der Waals surface area contributed by atoms with Gasteiger partial charge in [0.25, 0.3) is 11.8 Å². The van der Waals surface area contributed by atoms with E-state index in [-0.39, 0.29) is 17.6 Å². The summed E-state index contributed by atoms with van der Waals surface area (Å²) in [6, 6.07) is 16.4. The normalized spacial score (nSPS) is 10.2. The Morgan fingerprint density at radius 3 is 2.11 bits per heavy atom. The van der Waals surface area contributed by atoms with Gasteiger partial charge < -0.3 is 20.8 Å². The lowest BCUT2D eigenvalue weighted by molar-refractivity contribution is 0.0947. The van der Waals surface area contributed by atoms with Crippen molar-refractivity contribution in [2.24, 2.45) is 5.73 Å². The molecule has 0 aliphatic carbocycles. The molecule has 0 bridgehead atoms. The molecule has 1 heterocycles. The van der Waals surface area contributed by atoms with Crippen LogP contribution in [0.1, 0.15) is 36.8 Å². The molecule has 0 aliphatic rings. The zero-order valence-electron chi connectivity index (χ0n) is 14.3. The van der Waals surface area contributed by atoms with Crippen molar-refractivity contribution in [1.82, 2.24) is 5.32 Å². The maximum Gasteiger partial charge on any atom is 0.291 e. The number of benzene rings is 2. The maximum atomic E-state index is 12.1. The molecule has 3 rings (SSSR count). The second-order valence-electron chi connectivity index (χ2n) is 5.75. The molecule has 0 radical (unpaired) electrons. The van der Waals surface area contributed by atoms with Crippen molar-refractivity contribution >= 4 is 23.4 Å². The fraction of sp³-hybridized carbons (Fsp3) is 0.0500. The number of primary amides is 1. The number of hydrogen-bond donors (Lipinski definition) is 3. The van der Waals surface area contributed by atoms with E-state index in [1.54, 1.807) is 48.5 Å². The average Bonchev–Trinajstić information content (AvgIpc) is 3.22. The van der Waals surface area contributed by atoms with Gasteiger partial charge in [-0.2, -0.15) is 0 Å². The first-order chi connectivity index (χ1) is 13.0. The molecule has 0 atom stereocenters. The largest absolute Gasteiger partial charge is 0.459 e. The summed E-state index contributed by atoms with van der Waals surface area (Å²) in [7, 11) is 0. The van der Waals surface area contributed by atoms with Crippen molar-refractivity contribution in [3.63, 3.8) is 0 Å². The number of amides is 3. The summed E-state index contributed by atoms with van der Waals surface area (Å²) in [6.45, 7) is 0.322. The molecule has 0 aliphatic heterocycles. The van der Waals surface area contributed by atoms with E-state index in [0.717, 1.165) is 5.56 Å². The maximum absolute atomic E-state index is 12.1. The van der Waals surface area contributed by atoms with E-state index < -0.39 is 5.91 Å². The first-order valence-corrected chi connectivity index (χ1v) is 8.15.